The van der Waals surface area contributed by atoms with Crippen molar-refractivity contribution in [3.8, 4) is 0 Å². The van der Waals surface area contributed by atoms with E-state index >= 15 is 0 Å². The van der Waals surface area contributed by atoms with Gasteiger partial charge in [0.25, 0.3) is 0 Å². The lowest BCUT2D eigenvalue weighted by Crippen LogP contribution is -2.42. The van der Waals surface area contributed by atoms with E-state index in [1.165, 1.54) is 0 Å². The Morgan fingerprint density at radius 3 is 2.53 bits per heavy atom. The minimum absolute atomic E-state index is 0.0293. The molecule has 0 radical (unpaired) electrons. The molecule has 5 nitrogen and oxygen atoms in total. The average Bonchev–Trinajstić information content (AvgIpc) is 2.63. The molecular weight excluding hydrogens is 222 g/mol. The van der Waals surface area contributed by atoms with Gasteiger partial charge in [0.1, 0.15) is 0 Å². The summed E-state index contributed by atoms with van der Waals surface area (Å²) in [6.45, 7) is 7.64. The molecule has 2 atom stereocenters. The van der Waals surface area contributed by atoms with Crippen LogP contribution in [0.4, 0.5) is 0 Å². The smallest absolute Gasteiger partial charge is 0.332 e. The van der Waals surface area contributed by atoms with Gasteiger partial charge in [-0.05, 0) is 33.2 Å². The molecule has 1 aliphatic rings. The number of nitrogens with zero attached hydrogens (tertiary/aromatic N) is 1. The molecule has 0 spiro atoms. The molecule has 5 heteroatoms. The first-order valence-electron chi connectivity index (χ1n) is 6.15. The van der Waals surface area contributed by atoms with Crippen molar-refractivity contribution in [2.75, 3.05) is 19.6 Å². The third-order valence-electron chi connectivity index (χ3n) is 2.90. The van der Waals surface area contributed by atoms with E-state index in [-0.39, 0.29) is 6.10 Å². The maximum Gasteiger partial charge on any atom is 0.332 e. The van der Waals surface area contributed by atoms with Crippen molar-refractivity contribution in [3.63, 3.8) is 0 Å². The van der Waals surface area contributed by atoms with Gasteiger partial charge in [0.2, 0.25) is 0 Å². The van der Waals surface area contributed by atoms with Crippen LogP contribution in [0.15, 0.2) is 0 Å². The highest BCUT2D eigenvalue weighted by molar-refractivity contribution is 5.72. The molecule has 0 aromatic rings. The number of carbonyl (C=O) groups is 1. The molecule has 0 aromatic carbocycles. The highest BCUT2D eigenvalue weighted by Gasteiger charge is 2.31. The number of hydrogen-bond donors (Lipinski definition) is 2. The number of ether oxygens (including phenoxy) is 1. The molecule has 0 amide bonds. The van der Waals surface area contributed by atoms with E-state index in [1.807, 2.05) is 6.92 Å². The van der Waals surface area contributed by atoms with Crippen LogP contribution in [0.5, 0.6) is 0 Å². The minimum atomic E-state index is -0.877. The van der Waals surface area contributed by atoms with E-state index in [0.29, 0.717) is 19.5 Å². The third kappa shape index (κ3) is 5.02. The number of hydrogen-bond acceptors (Lipinski definition) is 4. The first-order chi connectivity index (χ1) is 7.81. The maximum atomic E-state index is 10.8. The van der Waals surface area contributed by atoms with Crippen LogP contribution >= 0.6 is 0 Å². The summed E-state index contributed by atoms with van der Waals surface area (Å²) >= 11 is 0. The highest BCUT2D eigenvalue weighted by Crippen LogP contribution is 2.21. The predicted octanol–water partition coefficient (Wildman–Crippen LogP) is 0.711. The Morgan fingerprint density at radius 2 is 2.12 bits per heavy atom. The second-order valence-corrected chi connectivity index (χ2v) is 5.30. The summed E-state index contributed by atoms with van der Waals surface area (Å²) in [5, 5.41) is 18.6. The fourth-order valence-corrected chi connectivity index (χ4v) is 2.16. The van der Waals surface area contributed by atoms with Gasteiger partial charge < -0.3 is 14.9 Å². The molecule has 100 valence electrons. The Hall–Kier alpha value is -0.650. The van der Waals surface area contributed by atoms with Crippen LogP contribution in [0.2, 0.25) is 0 Å². The lowest BCUT2D eigenvalue weighted by atomic mass is 10.1. The van der Waals surface area contributed by atoms with E-state index < -0.39 is 17.7 Å². The Kier molecular flexibility index (Phi) is 4.91. The van der Waals surface area contributed by atoms with Crippen molar-refractivity contribution in [3.05, 3.63) is 0 Å². The summed E-state index contributed by atoms with van der Waals surface area (Å²) in [4.78, 5) is 12.8. The summed E-state index contributed by atoms with van der Waals surface area (Å²) in [5.41, 5.74) is -0.735. The highest BCUT2D eigenvalue weighted by atomic mass is 16.5. The zero-order valence-corrected chi connectivity index (χ0v) is 10.8. The third-order valence-corrected chi connectivity index (χ3v) is 2.90. The molecule has 1 heterocycles. The van der Waals surface area contributed by atoms with Crippen molar-refractivity contribution >= 4 is 5.97 Å². The van der Waals surface area contributed by atoms with Crippen molar-refractivity contribution in [1.29, 1.82) is 0 Å². The molecule has 0 bridgehead atoms. The Balaban J connectivity index is 2.40. The van der Waals surface area contributed by atoms with E-state index in [1.54, 1.807) is 13.8 Å². The molecule has 2 unspecified atom stereocenters. The molecule has 17 heavy (non-hydrogen) atoms. The lowest BCUT2D eigenvalue weighted by Gasteiger charge is -2.29. The van der Waals surface area contributed by atoms with Crippen LogP contribution in [-0.4, -0.2) is 58.5 Å². The number of likely N-dealkylation sites (N-methyl/N-ethyl adjacent to an activating group) is 1. The molecule has 1 saturated heterocycles. The van der Waals surface area contributed by atoms with Gasteiger partial charge in [0.15, 0.2) is 6.10 Å². The van der Waals surface area contributed by atoms with E-state index in [2.05, 4.69) is 4.90 Å². The van der Waals surface area contributed by atoms with Crippen LogP contribution in [0.25, 0.3) is 0 Å². The van der Waals surface area contributed by atoms with Crippen LogP contribution < -0.4 is 0 Å². The maximum absolute atomic E-state index is 10.8. The Bertz CT molecular complexity index is 262. The normalized spacial score (nSPS) is 25.5. The van der Waals surface area contributed by atoms with Gasteiger partial charge in [0.05, 0.1) is 11.7 Å². The zero-order valence-electron chi connectivity index (χ0n) is 10.8. The molecule has 0 aromatic heterocycles. The van der Waals surface area contributed by atoms with Crippen molar-refractivity contribution in [1.82, 2.24) is 4.90 Å². The van der Waals surface area contributed by atoms with Gasteiger partial charge in [-0.3, -0.25) is 4.90 Å². The number of carboxylic acids is 1. The average molecular weight is 245 g/mol. The topological polar surface area (TPSA) is 70.0 Å². The summed E-state index contributed by atoms with van der Waals surface area (Å²) in [5.74, 6) is -0.877. The van der Waals surface area contributed by atoms with Gasteiger partial charge in [0, 0.05) is 13.1 Å². The van der Waals surface area contributed by atoms with Gasteiger partial charge in [-0.1, -0.05) is 6.92 Å². The second kappa shape index (κ2) is 5.80. The fraction of sp³-hybridized carbons (Fsp3) is 0.917. The SMILES string of the molecule is CCN(CC1CCC(C(=O)O)O1)CC(C)(C)O. The van der Waals surface area contributed by atoms with Crippen molar-refractivity contribution < 1.29 is 19.7 Å². The summed E-state index contributed by atoms with van der Waals surface area (Å²) in [7, 11) is 0. The van der Waals surface area contributed by atoms with Crippen molar-refractivity contribution in [2.24, 2.45) is 0 Å². The number of rotatable bonds is 6. The molecule has 0 saturated carbocycles. The largest absolute Gasteiger partial charge is 0.479 e. The molecule has 1 fully saturated rings. The fourth-order valence-electron chi connectivity index (χ4n) is 2.16. The van der Waals surface area contributed by atoms with Gasteiger partial charge in [-0.25, -0.2) is 4.79 Å². The van der Waals surface area contributed by atoms with E-state index in [0.717, 1.165) is 13.0 Å². The van der Waals surface area contributed by atoms with Gasteiger partial charge in [-0.2, -0.15) is 0 Å². The second-order valence-electron chi connectivity index (χ2n) is 5.30. The Morgan fingerprint density at radius 1 is 1.47 bits per heavy atom. The van der Waals surface area contributed by atoms with E-state index in [4.69, 9.17) is 9.84 Å². The summed E-state index contributed by atoms with van der Waals surface area (Å²) < 4.78 is 5.45. The van der Waals surface area contributed by atoms with Crippen molar-refractivity contribution in [2.45, 2.75) is 51.4 Å². The minimum Gasteiger partial charge on any atom is -0.479 e. The van der Waals surface area contributed by atoms with Crippen LogP contribution in [0.3, 0.4) is 0 Å². The van der Waals surface area contributed by atoms with Crippen LogP contribution in [-0.2, 0) is 9.53 Å². The first kappa shape index (κ1) is 14.4. The molecule has 1 aliphatic heterocycles. The zero-order chi connectivity index (χ0) is 13.1. The summed E-state index contributed by atoms with van der Waals surface area (Å²) in [6.07, 6.45) is 0.679. The number of carboxylic acid groups (broad SMARTS) is 1. The number of aliphatic carboxylic acids is 1. The standard InChI is InChI=1S/C12H23NO4/c1-4-13(8-12(2,3)16)7-9-5-6-10(17-9)11(14)15/h9-10,16H,4-8H2,1-3H3,(H,14,15). The van der Waals surface area contributed by atoms with Gasteiger partial charge >= 0.3 is 5.97 Å². The van der Waals surface area contributed by atoms with Gasteiger partial charge in [-0.15, -0.1) is 0 Å². The first-order valence-corrected chi connectivity index (χ1v) is 6.15. The van der Waals surface area contributed by atoms with Crippen LogP contribution in [0.1, 0.15) is 33.6 Å². The molecule has 0 aliphatic carbocycles. The molecular formula is C12H23NO4. The number of aliphatic hydroxyl groups is 1. The molecule has 1 rings (SSSR count). The Labute approximate surface area is 102 Å². The predicted molar refractivity (Wildman–Crippen MR) is 63.9 cm³/mol. The van der Waals surface area contributed by atoms with E-state index in [9.17, 15) is 9.90 Å². The quantitative estimate of drug-likeness (QED) is 0.721. The lowest BCUT2D eigenvalue weighted by molar-refractivity contribution is -0.149. The summed E-state index contributed by atoms with van der Waals surface area (Å²) in [6, 6.07) is 0. The molecule has 2 N–H and O–H groups in total. The monoisotopic (exact) mass is 245 g/mol. The van der Waals surface area contributed by atoms with Crippen LogP contribution in [0, 0.1) is 0 Å².